The van der Waals surface area contributed by atoms with Gasteiger partial charge in [-0.2, -0.15) is 4.98 Å². The minimum atomic E-state index is -0.288. The van der Waals surface area contributed by atoms with Gasteiger partial charge < -0.3 is 9.63 Å². The molecule has 1 N–H and O–H groups in total. The van der Waals surface area contributed by atoms with Crippen molar-refractivity contribution in [2.24, 2.45) is 0 Å². The van der Waals surface area contributed by atoms with Gasteiger partial charge in [0, 0.05) is 6.42 Å². The van der Waals surface area contributed by atoms with Gasteiger partial charge in [0.2, 0.25) is 5.89 Å². The van der Waals surface area contributed by atoms with Gasteiger partial charge in [-0.05, 0) is 25.7 Å². The lowest BCUT2D eigenvalue weighted by Crippen LogP contribution is -2.11. The number of aromatic nitrogens is 2. The topological polar surface area (TPSA) is 59.2 Å². The lowest BCUT2D eigenvalue weighted by Gasteiger charge is -2.07. The Morgan fingerprint density at radius 1 is 1.47 bits per heavy atom. The third kappa shape index (κ3) is 2.37. The number of unbranched alkanes of at least 4 members (excludes halogenated alkanes) is 1. The molecule has 1 aliphatic rings. The van der Waals surface area contributed by atoms with Crippen LogP contribution in [-0.2, 0) is 6.42 Å². The van der Waals surface area contributed by atoms with Crippen LogP contribution in [0.25, 0.3) is 0 Å². The van der Waals surface area contributed by atoms with Gasteiger partial charge in [-0.3, -0.25) is 0 Å². The van der Waals surface area contributed by atoms with Gasteiger partial charge >= 0.3 is 0 Å². The molecule has 1 aromatic heterocycles. The summed E-state index contributed by atoms with van der Waals surface area (Å²) in [7, 11) is 0. The molecule has 15 heavy (non-hydrogen) atoms. The maximum atomic E-state index is 9.70. The largest absolute Gasteiger partial charge is 0.392 e. The van der Waals surface area contributed by atoms with Gasteiger partial charge in [0.15, 0.2) is 5.82 Å². The Morgan fingerprint density at radius 2 is 2.33 bits per heavy atom. The van der Waals surface area contributed by atoms with Gasteiger partial charge in [0.1, 0.15) is 0 Å². The van der Waals surface area contributed by atoms with E-state index in [4.69, 9.17) is 4.52 Å². The maximum absolute atomic E-state index is 9.70. The summed E-state index contributed by atoms with van der Waals surface area (Å²) in [5.74, 6) is 1.49. The van der Waals surface area contributed by atoms with Crippen molar-refractivity contribution in [3.05, 3.63) is 11.7 Å². The summed E-state index contributed by atoms with van der Waals surface area (Å²) in [5, 5.41) is 13.6. The average Bonchev–Trinajstić information content (AvgIpc) is 2.83. The zero-order valence-corrected chi connectivity index (χ0v) is 9.15. The monoisotopic (exact) mass is 210 g/mol. The van der Waals surface area contributed by atoms with Crippen molar-refractivity contribution in [2.45, 2.75) is 57.5 Å². The fourth-order valence-corrected chi connectivity index (χ4v) is 2.08. The maximum Gasteiger partial charge on any atom is 0.232 e. The fraction of sp³-hybridized carbons (Fsp3) is 0.818. The molecule has 1 fully saturated rings. The highest BCUT2D eigenvalue weighted by Gasteiger charge is 2.31. The SMILES string of the molecule is CCCCc1noc(C2CCCC2O)n1. The molecular weight excluding hydrogens is 192 g/mol. The molecule has 0 radical (unpaired) electrons. The first kappa shape index (κ1) is 10.6. The van der Waals surface area contributed by atoms with Crippen molar-refractivity contribution >= 4 is 0 Å². The molecule has 4 nitrogen and oxygen atoms in total. The quantitative estimate of drug-likeness (QED) is 0.826. The molecule has 84 valence electrons. The second-order valence-electron chi connectivity index (χ2n) is 4.26. The Kier molecular flexibility index (Phi) is 3.36. The Morgan fingerprint density at radius 3 is 3.00 bits per heavy atom. The molecule has 0 amide bonds. The first-order valence-corrected chi connectivity index (χ1v) is 5.81. The van der Waals surface area contributed by atoms with Crippen molar-refractivity contribution in [1.29, 1.82) is 0 Å². The van der Waals surface area contributed by atoms with Crippen LogP contribution in [0.3, 0.4) is 0 Å². The molecule has 1 aliphatic carbocycles. The third-order valence-electron chi connectivity index (χ3n) is 3.03. The molecule has 0 spiro atoms. The molecule has 1 heterocycles. The van der Waals surface area contributed by atoms with Crippen LogP contribution in [0.1, 0.15) is 56.7 Å². The van der Waals surface area contributed by atoms with Crippen molar-refractivity contribution in [3.8, 4) is 0 Å². The first-order valence-electron chi connectivity index (χ1n) is 5.81. The lowest BCUT2D eigenvalue weighted by atomic mass is 10.1. The standard InChI is InChI=1S/C11H18N2O2/c1-2-3-7-10-12-11(15-13-10)8-5-4-6-9(8)14/h8-9,14H,2-7H2,1H3. The molecule has 1 aromatic rings. The zero-order valence-electron chi connectivity index (χ0n) is 9.15. The van der Waals surface area contributed by atoms with Gasteiger partial charge in [-0.25, -0.2) is 0 Å². The van der Waals surface area contributed by atoms with Crippen LogP contribution in [0.5, 0.6) is 0 Å². The van der Waals surface area contributed by atoms with Gasteiger partial charge in [-0.15, -0.1) is 0 Å². The van der Waals surface area contributed by atoms with Crippen LogP contribution in [-0.4, -0.2) is 21.4 Å². The molecule has 2 atom stereocenters. The summed E-state index contributed by atoms with van der Waals surface area (Å²) >= 11 is 0. The Bertz CT molecular complexity index is 311. The Balaban J connectivity index is 1.99. The summed E-state index contributed by atoms with van der Waals surface area (Å²) in [4.78, 5) is 4.34. The van der Waals surface area contributed by atoms with E-state index in [0.717, 1.165) is 44.3 Å². The van der Waals surface area contributed by atoms with E-state index >= 15 is 0 Å². The second-order valence-corrected chi connectivity index (χ2v) is 4.26. The zero-order chi connectivity index (χ0) is 10.7. The first-order chi connectivity index (χ1) is 7.31. The summed E-state index contributed by atoms with van der Waals surface area (Å²) in [6.07, 6.45) is 5.70. The summed E-state index contributed by atoms with van der Waals surface area (Å²) in [6, 6.07) is 0. The van der Waals surface area contributed by atoms with Crippen LogP contribution in [0.2, 0.25) is 0 Å². The smallest absolute Gasteiger partial charge is 0.232 e. The van der Waals surface area contributed by atoms with E-state index in [0.29, 0.717) is 5.89 Å². The van der Waals surface area contributed by atoms with Crippen molar-refractivity contribution in [1.82, 2.24) is 10.1 Å². The predicted octanol–water partition coefficient (Wildman–Crippen LogP) is 2.04. The third-order valence-corrected chi connectivity index (χ3v) is 3.03. The average molecular weight is 210 g/mol. The highest BCUT2D eigenvalue weighted by Crippen LogP contribution is 2.33. The van der Waals surface area contributed by atoms with Crippen LogP contribution in [0, 0.1) is 0 Å². The fourth-order valence-electron chi connectivity index (χ4n) is 2.08. The molecule has 2 rings (SSSR count). The van der Waals surface area contributed by atoms with E-state index in [1.807, 2.05) is 0 Å². The normalized spacial score (nSPS) is 26.0. The molecule has 0 saturated heterocycles. The predicted molar refractivity (Wildman–Crippen MR) is 55.5 cm³/mol. The summed E-state index contributed by atoms with van der Waals surface area (Å²) < 4.78 is 5.19. The van der Waals surface area contributed by atoms with Gasteiger partial charge in [-0.1, -0.05) is 18.5 Å². The number of aliphatic hydroxyl groups excluding tert-OH is 1. The minimum Gasteiger partial charge on any atom is -0.392 e. The van der Waals surface area contributed by atoms with E-state index in [1.165, 1.54) is 0 Å². The van der Waals surface area contributed by atoms with E-state index in [2.05, 4.69) is 17.1 Å². The Labute approximate surface area is 89.7 Å². The number of hydrogen-bond donors (Lipinski definition) is 1. The number of aliphatic hydroxyl groups is 1. The Hall–Kier alpha value is -0.900. The molecular formula is C11H18N2O2. The van der Waals surface area contributed by atoms with Gasteiger partial charge in [0.25, 0.3) is 0 Å². The summed E-state index contributed by atoms with van der Waals surface area (Å²) in [6.45, 7) is 2.14. The van der Waals surface area contributed by atoms with Crippen molar-refractivity contribution in [2.75, 3.05) is 0 Å². The van der Waals surface area contributed by atoms with E-state index in [1.54, 1.807) is 0 Å². The highest BCUT2D eigenvalue weighted by atomic mass is 16.5. The number of aryl methyl sites for hydroxylation is 1. The summed E-state index contributed by atoms with van der Waals surface area (Å²) in [5.41, 5.74) is 0. The van der Waals surface area contributed by atoms with E-state index in [-0.39, 0.29) is 12.0 Å². The van der Waals surface area contributed by atoms with Crippen LogP contribution in [0.15, 0.2) is 4.52 Å². The number of hydrogen-bond acceptors (Lipinski definition) is 4. The minimum absolute atomic E-state index is 0.0767. The lowest BCUT2D eigenvalue weighted by molar-refractivity contribution is 0.148. The molecule has 0 bridgehead atoms. The highest BCUT2D eigenvalue weighted by molar-refractivity contribution is 5.00. The van der Waals surface area contributed by atoms with Crippen LogP contribution in [0.4, 0.5) is 0 Å². The number of rotatable bonds is 4. The van der Waals surface area contributed by atoms with Crippen molar-refractivity contribution < 1.29 is 9.63 Å². The van der Waals surface area contributed by atoms with Crippen molar-refractivity contribution in [3.63, 3.8) is 0 Å². The molecule has 4 heteroatoms. The van der Waals surface area contributed by atoms with Gasteiger partial charge in [0.05, 0.1) is 12.0 Å². The van der Waals surface area contributed by atoms with E-state index in [9.17, 15) is 5.11 Å². The second kappa shape index (κ2) is 4.75. The van der Waals surface area contributed by atoms with Crippen LogP contribution < -0.4 is 0 Å². The van der Waals surface area contributed by atoms with Crippen LogP contribution >= 0.6 is 0 Å². The molecule has 1 saturated carbocycles. The molecule has 0 aromatic carbocycles. The molecule has 2 unspecified atom stereocenters. The number of nitrogens with zero attached hydrogens (tertiary/aromatic N) is 2. The molecule has 0 aliphatic heterocycles. The van der Waals surface area contributed by atoms with E-state index < -0.39 is 0 Å².